The number of benzene rings is 2. The van der Waals surface area contributed by atoms with Gasteiger partial charge in [0.25, 0.3) is 0 Å². The zero-order valence-corrected chi connectivity index (χ0v) is 16.3. The summed E-state index contributed by atoms with van der Waals surface area (Å²) in [6.07, 6.45) is 3.72. The van der Waals surface area contributed by atoms with Gasteiger partial charge in [-0.3, -0.25) is 4.79 Å². The van der Waals surface area contributed by atoms with Crippen LogP contribution in [-0.2, 0) is 17.8 Å². The largest absolute Gasteiger partial charge is 0.497 e. The van der Waals surface area contributed by atoms with Gasteiger partial charge in [0.05, 0.1) is 27.4 Å². The lowest BCUT2D eigenvalue weighted by atomic mass is 10.1. The average molecular weight is 380 g/mol. The van der Waals surface area contributed by atoms with Gasteiger partial charge in [0, 0.05) is 17.1 Å². The number of carbonyl (C=O) groups is 1. The summed E-state index contributed by atoms with van der Waals surface area (Å²) < 4.78 is 18.0. The Balaban J connectivity index is 1.50. The minimum atomic E-state index is -0.0130. The van der Waals surface area contributed by atoms with Crippen LogP contribution in [0.1, 0.15) is 23.6 Å². The van der Waals surface area contributed by atoms with Crippen molar-refractivity contribution in [2.24, 2.45) is 0 Å². The Morgan fingerprint density at radius 1 is 1.07 bits per heavy atom. The number of hydrogen-bond acceptors (Lipinski definition) is 4. The van der Waals surface area contributed by atoms with Crippen LogP contribution >= 0.6 is 0 Å². The van der Waals surface area contributed by atoms with Gasteiger partial charge in [-0.15, -0.1) is 0 Å². The van der Waals surface area contributed by atoms with Crippen molar-refractivity contribution in [1.82, 2.24) is 9.88 Å². The zero-order chi connectivity index (χ0) is 19.7. The number of fused-ring (bicyclic) bond motifs is 2. The minimum Gasteiger partial charge on any atom is -0.497 e. The molecule has 0 saturated carbocycles. The maximum atomic E-state index is 12.7. The van der Waals surface area contributed by atoms with Crippen molar-refractivity contribution in [3.63, 3.8) is 0 Å². The van der Waals surface area contributed by atoms with E-state index in [0.29, 0.717) is 5.75 Å². The summed E-state index contributed by atoms with van der Waals surface area (Å²) in [5.74, 6) is 2.21. The summed E-state index contributed by atoms with van der Waals surface area (Å²) in [7, 11) is 4.91. The molecule has 1 heterocycles. The predicted molar refractivity (Wildman–Crippen MR) is 107 cm³/mol. The van der Waals surface area contributed by atoms with E-state index < -0.39 is 0 Å². The second-order valence-corrected chi connectivity index (χ2v) is 6.93. The van der Waals surface area contributed by atoms with Gasteiger partial charge in [-0.25, -0.2) is 0 Å². The molecular weight excluding hydrogens is 356 g/mol. The van der Waals surface area contributed by atoms with Crippen LogP contribution in [-0.4, -0.2) is 31.8 Å². The van der Waals surface area contributed by atoms with Crippen molar-refractivity contribution in [3.05, 3.63) is 53.7 Å². The third-order valence-corrected chi connectivity index (χ3v) is 5.35. The molecule has 1 aliphatic carbocycles. The van der Waals surface area contributed by atoms with Crippen LogP contribution < -0.4 is 19.5 Å². The number of nitrogens with zero attached hydrogens (tertiary/aromatic N) is 1. The Kier molecular flexibility index (Phi) is 4.86. The van der Waals surface area contributed by atoms with Crippen LogP contribution in [0.15, 0.2) is 42.6 Å². The molecule has 1 unspecified atom stereocenters. The van der Waals surface area contributed by atoms with Crippen LogP contribution in [0.3, 0.4) is 0 Å². The summed E-state index contributed by atoms with van der Waals surface area (Å²) in [6, 6.07) is 11.8. The quantitative estimate of drug-likeness (QED) is 0.711. The van der Waals surface area contributed by atoms with E-state index in [0.717, 1.165) is 40.8 Å². The van der Waals surface area contributed by atoms with E-state index >= 15 is 0 Å². The monoisotopic (exact) mass is 380 g/mol. The Hall–Kier alpha value is -3.15. The van der Waals surface area contributed by atoms with Gasteiger partial charge in [0.1, 0.15) is 12.3 Å². The lowest BCUT2D eigenvalue weighted by Crippen LogP contribution is -2.30. The summed E-state index contributed by atoms with van der Waals surface area (Å²) in [6.45, 7) is 0.273. The summed E-state index contributed by atoms with van der Waals surface area (Å²) in [4.78, 5) is 12.7. The first-order valence-electron chi connectivity index (χ1n) is 9.30. The maximum Gasteiger partial charge on any atom is 0.240 e. The zero-order valence-electron chi connectivity index (χ0n) is 16.3. The summed E-state index contributed by atoms with van der Waals surface area (Å²) in [5, 5.41) is 4.22. The van der Waals surface area contributed by atoms with E-state index in [-0.39, 0.29) is 18.5 Å². The number of carbonyl (C=O) groups excluding carboxylic acids is 1. The lowest BCUT2D eigenvalue weighted by molar-refractivity contribution is -0.122. The van der Waals surface area contributed by atoms with E-state index in [1.54, 1.807) is 21.3 Å². The first-order valence-corrected chi connectivity index (χ1v) is 9.30. The highest BCUT2D eigenvalue weighted by Crippen LogP contribution is 2.39. The molecule has 146 valence electrons. The van der Waals surface area contributed by atoms with E-state index in [2.05, 4.69) is 5.32 Å². The number of aromatic nitrogens is 1. The normalized spacial score (nSPS) is 15.3. The number of amides is 1. The van der Waals surface area contributed by atoms with E-state index in [1.165, 1.54) is 5.56 Å². The molecule has 0 spiro atoms. The fourth-order valence-corrected chi connectivity index (χ4v) is 3.92. The predicted octanol–water partition coefficient (Wildman–Crippen LogP) is 3.47. The van der Waals surface area contributed by atoms with Gasteiger partial charge in [0.2, 0.25) is 5.91 Å². The first kappa shape index (κ1) is 18.2. The third kappa shape index (κ3) is 3.26. The van der Waals surface area contributed by atoms with Crippen LogP contribution in [0.5, 0.6) is 17.2 Å². The molecule has 0 saturated heterocycles. The van der Waals surface area contributed by atoms with E-state index in [1.807, 2.05) is 47.2 Å². The van der Waals surface area contributed by atoms with Crippen LogP contribution in [0.25, 0.3) is 10.9 Å². The number of methoxy groups -OCH3 is 3. The van der Waals surface area contributed by atoms with Crippen molar-refractivity contribution in [3.8, 4) is 17.2 Å². The fourth-order valence-electron chi connectivity index (χ4n) is 3.92. The number of rotatable bonds is 6. The summed E-state index contributed by atoms with van der Waals surface area (Å²) in [5.41, 5.74) is 3.31. The van der Waals surface area contributed by atoms with Gasteiger partial charge in [-0.2, -0.15) is 0 Å². The highest BCUT2D eigenvalue weighted by atomic mass is 16.5. The highest BCUT2D eigenvalue weighted by molar-refractivity contribution is 5.84. The molecule has 0 fully saturated rings. The Bertz CT molecular complexity index is 1020. The van der Waals surface area contributed by atoms with E-state index in [9.17, 15) is 4.79 Å². The van der Waals surface area contributed by atoms with Crippen LogP contribution in [0.4, 0.5) is 0 Å². The standard InChI is InChI=1S/C22H24N2O4/c1-26-16-5-7-19-15(10-16)8-9-24(19)13-22(25)23-18-6-4-14-11-20(27-2)21(28-3)12-17(14)18/h5,7-12,18H,4,6,13H2,1-3H3,(H,23,25). The SMILES string of the molecule is COc1ccc2c(ccn2CC(=O)NC2CCc3cc(OC)c(OC)cc32)c1. The Morgan fingerprint density at radius 2 is 1.86 bits per heavy atom. The fraction of sp³-hybridized carbons (Fsp3) is 0.318. The number of nitrogens with one attached hydrogen (secondary N) is 1. The summed E-state index contributed by atoms with van der Waals surface area (Å²) >= 11 is 0. The molecular formula is C22H24N2O4. The van der Waals surface area contributed by atoms with Crippen molar-refractivity contribution >= 4 is 16.8 Å². The van der Waals surface area contributed by atoms with Crippen molar-refractivity contribution in [2.75, 3.05) is 21.3 Å². The molecule has 1 atom stereocenters. The smallest absolute Gasteiger partial charge is 0.240 e. The lowest BCUT2D eigenvalue weighted by Gasteiger charge is -2.17. The topological polar surface area (TPSA) is 61.7 Å². The van der Waals surface area contributed by atoms with Crippen LogP contribution in [0, 0.1) is 0 Å². The Morgan fingerprint density at radius 3 is 2.61 bits per heavy atom. The molecule has 0 radical (unpaired) electrons. The van der Waals surface area contributed by atoms with Gasteiger partial charge in [-0.05, 0) is 60.4 Å². The molecule has 0 aliphatic heterocycles. The van der Waals surface area contributed by atoms with Crippen molar-refractivity contribution in [1.29, 1.82) is 0 Å². The molecule has 4 rings (SSSR count). The number of ether oxygens (including phenoxy) is 3. The van der Waals surface area contributed by atoms with Gasteiger partial charge in [0.15, 0.2) is 11.5 Å². The van der Waals surface area contributed by atoms with Gasteiger partial charge >= 0.3 is 0 Å². The third-order valence-electron chi connectivity index (χ3n) is 5.35. The maximum absolute atomic E-state index is 12.7. The second kappa shape index (κ2) is 7.46. The molecule has 1 aromatic heterocycles. The molecule has 6 heteroatoms. The molecule has 28 heavy (non-hydrogen) atoms. The Labute approximate surface area is 164 Å². The molecule has 6 nitrogen and oxygen atoms in total. The number of aryl methyl sites for hydroxylation is 1. The van der Waals surface area contributed by atoms with Crippen molar-refractivity contribution < 1.29 is 19.0 Å². The second-order valence-electron chi connectivity index (χ2n) is 6.93. The number of hydrogen-bond donors (Lipinski definition) is 1. The van der Waals surface area contributed by atoms with Gasteiger partial charge in [-0.1, -0.05) is 0 Å². The van der Waals surface area contributed by atoms with Crippen LogP contribution in [0.2, 0.25) is 0 Å². The molecule has 1 amide bonds. The molecule has 2 aromatic carbocycles. The van der Waals surface area contributed by atoms with Crippen molar-refractivity contribution in [2.45, 2.75) is 25.4 Å². The van der Waals surface area contributed by atoms with E-state index in [4.69, 9.17) is 14.2 Å². The molecule has 3 aromatic rings. The average Bonchev–Trinajstić information content (AvgIpc) is 3.30. The molecule has 0 bridgehead atoms. The molecule has 1 aliphatic rings. The molecule has 1 N–H and O–H groups in total. The highest BCUT2D eigenvalue weighted by Gasteiger charge is 2.26. The minimum absolute atomic E-state index is 0.00998. The van der Waals surface area contributed by atoms with Gasteiger partial charge < -0.3 is 24.1 Å². The first-order chi connectivity index (χ1) is 13.6.